The summed E-state index contributed by atoms with van der Waals surface area (Å²) in [4.78, 5) is 24.5. The number of phenolic OH excluding ortho intramolecular Hbond substituents is 2. The number of carbonyl (C=O) groups excluding carboxylic acids is 1. The minimum atomic E-state index is -1.29. The first kappa shape index (κ1) is 25.9. The largest absolute Gasteiger partial charge is 0.504 e. The fourth-order valence-electron chi connectivity index (χ4n) is 4.19. The summed E-state index contributed by atoms with van der Waals surface area (Å²) in [6, 6.07) is 10.3. The first-order valence-corrected chi connectivity index (χ1v) is 11.9. The second-order valence-corrected chi connectivity index (χ2v) is 8.96. The molecule has 0 aliphatic carbocycles. The van der Waals surface area contributed by atoms with Crippen LogP contribution in [0.1, 0.15) is 11.8 Å². The second kappa shape index (κ2) is 10.6. The molecule has 39 heavy (non-hydrogen) atoms. The number of carbonyl (C=O) groups is 1. The van der Waals surface area contributed by atoms with Gasteiger partial charge in [0.05, 0.1) is 6.33 Å². The third-order valence-corrected chi connectivity index (χ3v) is 6.27. The molecule has 2 aromatic heterocycles. The third kappa shape index (κ3) is 5.18. The van der Waals surface area contributed by atoms with Crippen molar-refractivity contribution in [3.63, 3.8) is 0 Å². The van der Waals surface area contributed by atoms with Crippen molar-refractivity contribution < 1.29 is 34.7 Å². The Morgan fingerprint density at radius 1 is 1.13 bits per heavy atom. The molecular weight excluding hydrogens is 508 g/mol. The number of fused-ring (bicyclic) bond motifs is 1. The fourth-order valence-corrected chi connectivity index (χ4v) is 4.19. The first-order valence-electron chi connectivity index (χ1n) is 11.9. The Morgan fingerprint density at radius 3 is 2.67 bits per heavy atom. The van der Waals surface area contributed by atoms with E-state index in [0.717, 1.165) is 11.1 Å². The second-order valence-electron chi connectivity index (χ2n) is 8.96. The van der Waals surface area contributed by atoms with Gasteiger partial charge in [-0.1, -0.05) is 42.0 Å². The van der Waals surface area contributed by atoms with Crippen LogP contribution in [0.4, 0.5) is 10.6 Å². The monoisotopic (exact) mass is 534 g/mol. The van der Waals surface area contributed by atoms with Crippen LogP contribution in [0.3, 0.4) is 0 Å². The van der Waals surface area contributed by atoms with Gasteiger partial charge in [-0.2, -0.15) is 0 Å². The van der Waals surface area contributed by atoms with Crippen LogP contribution < -0.4 is 15.8 Å². The van der Waals surface area contributed by atoms with Gasteiger partial charge in [0.15, 0.2) is 29.2 Å². The number of nitrogens with one attached hydrogen (secondary N) is 1. The molecule has 4 aromatic rings. The van der Waals surface area contributed by atoms with E-state index < -0.39 is 42.1 Å². The maximum Gasteiger partial charge on any atom is 0.412 e. The number of nitrogens with zero attached hydrogens (tertiary/aromatic N) is 4. The van der Waals surface area contributed by atoms with Crippen LogP contribution in [-0.4, -0.2) is 70.9 Å². The molecule has 1 saturated heterocycles. The molecule has 4 unspecified atom stereocenters. The molecule has 0 bridgehead atoms. The molecular formula is C26H26N6O7. The van der Waals surface area contributed by atoms with Crippen LogP contribution in [0, 0.1) is 6.92 Å². The van der Waals surface area contributed by atoms with Crippen molar-refractivity contribution in [2.75, 3.05) is 12.3 Å². The van der Waals surface area contributed by atoms with Crippen LogP contribution in [0.15, 0.2) is 61.2 Å². The summed E-state index contributed by atoms with van der Waals surface area (Å²) in [6.07, 6.45) is 0.325. The van der Waals surface area contributed by atoms with Gasteiger partial charge in [0.1, 0.15) is 30.2 Å². The lowest BCUT2D eigenvalue weighted by atomic mass is 10.0. The van der Waals surface area contributed by atoms with Crippen LogP contribution in [0.2, 0.25) is 0 Å². The number of hydrogen-bond donors (Lipinski definition) is 6. The number of aromatic hydroxyl groups is 2. The van der Waals surface area contributed by atoms with Gasteiger partial charge in [-0.05, 0) is 30.2 Å². The Bertz CT molecular complexity index is 1540. The van der Waals surface area contributed by atoms with E-state index in [1.807, 2.05) is 31.2 Å². The Balaban J connectivity index is 1.20. The van der Waals surface area contributed by atoms with Gasteiger partial charge in [-0.3, -0.25) is 4.57 Å². The number of aliphatic hydroxyl groups excluding tert-OH is 2. The number of aryl methyl sites for hydroxylation is 1. The summed E-state index contributed by atoms with van der Waals surface area (Å²) in [7, 11) is 0. The Morgan fingerprint density at radius 2 is 1.90 bits per heavy atom. The smallest absolute Gasteiger partial charge is 0.412 e. The number of ether oxygens (including phenoxy) is 2. The number of nitrogen functional groups attached to an aromatic ring is 1. The van der Waals surface area contributed by atoms with E-state index in [2.05, 4.69) is 20.3 Å². The maximum atomic E-state index is 12.3. The van der Waals surface area contributed by atoms with E-state index in [1.54, 1.807) is 0 Å². The number of hydrogen-bond acceptors (Lipinski definition) is 11. The lowest BCUT2D eigenvalue weighted by molar-refractivity contribution is -0.0245. The minimum Gasteiger partial charge on any atom is -0.504 e. The van der Waals surface area contributed by atoms with Crippen molar-refractivity contribution in [3.05, 3.63) is 66.8 Å². The van der Waals surface area contributed by atoms with Crippen molar-refractivity contribution in [2.45, 2.75) is 31.5 Å². The van der Waals surface area contributed by atoms with E-state index >= 15 is 0 Å². The highest BCUT2D eigenvalue weighted by atomic mass is 16.6. The van der Waals surface area contributed by atoms with Gasteiger partial charge < -0.3 is 41.0 Å². The molecule has 2 aromatic carbocycles. The van der Waals surface area contributed by atoms with E-state index in [0.29, 0.717) is 16.7 Å². The summed E-state index contributed by atoms with van der Waals surface area (Å²) in [6.45, 7) is 1.92. The van der Waals surface area contributed by atoms with Crippen LogP contribution >= 0.6 is 0 Å². The van der Waals surface area contributed by atoms with E-state index in [9.17, 15) is 25.2 Å². The normalized spacial score (nSPS) is 21.0. The van der Waals surface area contributed by atoms with Gasteiger partial charge >= 0.3 is 6.09 Å². The zero-order chi connectivity index (χ0) is 27.7. The molecule has 1 aliphatic heterocycles. The lowest BCUT2D eigenvalue weighted by Crippen LogP contribution is -2.31. The number of aromatic nitrogens is 4. The Labute approximate surface area is 221 Å². The predicted octanol–water partition coefficient (Wildman–Crippen LogP) is 1.76. The fraction of sp³-hybridized carbons (Fsp3) is 0.231. The van der Waals surface area contributed by atoms with Crippen molar-refractivity contribution >= 4 is 23.1 Å². The molecule has 5 rings (SSSR count). The van der Waals surface area contributed by atoms with Crippen LogP contribution in [-0.2, 0) is 4.74 Å². The molecule has 0 radical (unpaired) electrons. The summed E-state index contributed by atoms with van der Waals surface area (Å²) in [5.74, 6) is -1.05. The highest BCUT2D eigenvalue weighted by Gasteiger charge is 2.43. The van der Waals surface area contributed by atoms with Crippen LogP contribution in [0.25, 0.3) is 22.3 Å². The van der Waals surface area contributed by atoms with Gasteiger partial charge in [0.25, 0.3) is 0 Å². The lowest BCUT2D eigenvalue weighted by Gasteiger charge is -2.16. The highest BCUT2D eigenvalue weighted by Crippen LogP contribution is 2.40. The Kier molecular flexibility index (Phi) is 7.02. The van der Waals surface area contributed by atoms with Crippen molar-refractivity contribution in [3.8, 4) is 28.4 Å². The van der Waals surface area contributed by atoms with Crippen molar-refractivity contribution in [2.24, 2.45) is 0 Å². The van der Waals surface area contributed by atoms with Gasteiger partial charge in [0.2, 0.25) is 5.75 Å². The highest BCUT2D eigenvalue weighted by molar-refractivity contribution is 5.81. The van der Waals surface area contributed by atoms with E-state index in [4.69, 9.17) is 15.2 Å². The van der Waals surface area contributed by atoms with Gasteiger partial charge in [-0.15, -0.1) is 0 Å². The van der Waals surface area contributed by atoms with E-state index in [-0.39, 0.29) is 18.1 Å². The SMILES string of the molecule is Cc1ccc(-c2cc(O)c(O)c(OC(=O)NCC=CC3OC(n4cnc5c(N)ncnc54)C(O)C3O)c2)cc1. The van der Waals surface area contributed by atoms with Crippen molar-refractivity contribution in [1.29, 1.82) is 0 Å². The number of benzene rings is 2. The zero-order valence-corrected chi connectivity index (χ0v) is 20.7. The average Bonchev–Trinajstić information content (AvgIpc) is 3.47. The molecule has 1 amide bonds. The van der Waals surface area contributed by atoms with Crippen molar-refractivity contribution in [1.82, 2.24) is 24.8 Å². The number of anilines is 1. The zero-order valence-electron chi connectivity index (χ0n) is 20.7. The summed E-state index contributed by atoms with van der Waals surface area (Å²) in [5, 5.41) is 43.7. The molecule has 7 N–H and O–H groups in total. The molecule has 202 valence electrons. The number of rotatable bonds is 6. The molecule has 3 heterocycles. The standard InChI is InChI=1S/C26H26N6O7/c1-13-4-6-14(7-5-13)15-9-16(33)20(34)18(10-15)39-26(37)28-8-2-3-17-21(35)22(36)25(38-17)32-12-31-19-23(27)29-11-30-24(19)32/h2-7,9-12,17,21-22,25,33-36H,8H2,1H3,(H,28,37)(H2,27,29,30). The minimum absolute atomic E-state index is 0.0195. The number of aliphatic hydroxyl groups is 2. The average molecular weight is 535 g/mol. The number of amides is 1. The van der Waals surface area contributed by atoms with E-state index in [1.165, 1.54) is 41.5 Å². The van der Waals surface area contributed by atoms with Gasteiger partial charge in [0, 0.05) is 6.54 Å². The molecule has 0 spiro atoms. The maximum absolute atomic E-state index is 12.3. The molecule has 1 fully saturated rings. The topological polar surface area (TPSA) is 198 Å². The third-order valence-electron chi connectivity index (χ3n) is 6.27. The summed E-state index contributed by atoms with van der Waals surface area (Å²) < 4.78 is 12.4. The summed E-state index contributed by atoms with van der Waals surface area (Å²) in [5.41, 5.74) is 8.86. The number of phenols is 2. The first-order chi connectivity index (χ1) is 18.7. The molecule has 4 atom stereocenters. The molecule has 1 aliphatic rings. The summed E-state index contributed by atoms with van der Waals surface area (Å²) >= 11 is 0. The molecule has 13 nitrogen and oxygen atoms in total. The number of nitrogens with two attached hydrogens (primary N) is 1. The predicted molar refractivity (Wildman–Crippen MR) is 139 cm³/mol. The van der Waals surface area contributed by atoms with Gasteiger partial charge in [-0.25, -0.2) is 19.7 Å². The Hall–Kier alpha value is -4.72. The molecule has 13 heteroatoms. The quantitative estimate of drug-likeness (QED) is 0.156. The molecule has 0 saturated carbocycles. The van der Waals surface area contributed by atoms with Crippen LogP contribution in [0.5, 0.6) is 17.2 Å². The number of imidazole rings is 1.